The van der Waals surface area contributed by atoms with E-state index >= 15 is 0 Å². The van der Waals surface area contributed by atoms with Crippen molar-refractivity contribution in [2.45, 2.75) is 0 Å². The molecular formula is C9H4ClN3O2. The van der Waals surface area contributed by atoms with Crippen LogP contribution >= 0.6 is 11.6 Å². The smallest absolute Gasteiger partial charge is 0.364 e. The molecule has 0 atom stereocenters. The normalized spacial score (nSPS) is 11.3. The van der Waals surface area contributed by atoms with E-state index in [2.05, 4.69) is 10.3 Å². The second kappa shape index (κ2) is 2.80. The van der Waals surface area contributed by atoms with Gasteiger partial charge in [0.25, 0.3) is 0 Å². The molecule has 6 heteroatoms. The highest BCUT2D eigenvalue weighted by Gasteiger charge is 2.08. The van der Waals surface area contributed by atoms with Gasteiger partial charge in [-0.3, -0.25) is 0 Å². The SMILES string of the molecule is O=c1oc2ccc(Cl)cc2n2nncc12. The van der Waals surface area contributed by atoms with Gasteiger partial charge in [0, 0.05) is 5.02 Å². The van der Waals surface area contributed by atoms with Crippen molar-refractivity contribution in [1.29, 1.82) is 0 Å². The minimum absolute atomic E-state index is 0.296. The average Bonchev–Trinajstić information content (AvgIpc) is 2.69. The van der Waals surface area contributed by atoms with Gasteiger partial charge in [0.05, 0.1) is 6.20 Å². The van der Waals surface area contributed by atoms with E-state index in [9.17, 15) is 4.79 Å². The Morgan fingerprint density at radius 2 is 2.20 bits per heavy atom. The van der Waals surface area contributed by atoms with E-state index in [4.69, 9.17) is 16.0 Å². The summed E-state index contributed by atoms with van der Waals surface area (Å²) in [5.74, 6) is 0. The maximum Gasteiger partial charge on any atom is 0.364 e. The summed E-state index contributed by atoms with van der Waals surface area (Å²) < 4.78 is 6.48. The first-order valence-corrected chi connectivity index (χ1v) is 4.56. The molecule has 0 amide bonds. The van der Waals surface area contributed by atoms with Crippen LogP contribution < -0.4 is 5.63 Å². The van der Waals surface area contributed by atoms with E-state index in [1.807, 2.05) is 0 Å². The molecule has 5 nitrogen and oxygen atoms in total. The molecule has 0 bridgehead atoms. The Morgan fingerprint density at radius 3 is 3.07 bits per heavy atom. The molecule has 2 aromatic heterocycles. The predicted octanol–water partition coefficient (Wildman–Crippen LogP) is 1.49. The minimum Gasteiger partial charge on any atom is -0.419 e. The molecule has 0 aliphatic rings. The van der Waals surface area contributed by atoms with Crippen LogP contribution in [0.15, 0.2) is 33.6 Å². The number of nitrogens with zero attached hydrogens (tertiary/aromatic N) is 3. The summed E-state index contributed by atoms with van der Waals surface area (Å²) in [6.45, 7) is 0. The Labute approximate surface area is 87.9 Å². The van der Waals surface area contributed by atoms with Gasteiger partial charge in [0.2, 0.25) is 0 Å². The van der Waals surface area contributed by atoms with Gasteiger partial charge in [-0.1, -0.05) is 16.8 Å². The summed E-state index contributed by atoms with van der Waals surface area (Å²) >= 11 is 5.84. The molecule has 0 fully saturated rings. The zero-order valence-electron chi connectivity index (χ0n) is 7.35. The zero-order chi connectivity index (χ0) is 10.4. The van der Waals surface area contributed by atoms with Crippen molar-refractivity contribution in [2.75, 3.05) is 0 Å². The molecule has 3 aromatic rings. The van der Waals surface area contributed by atoms with Gasteiger partial charge in [-0.2, -0.15) is 0 Å². The Morgan fingerprint density at radius 1 is 1.33 bits per heavy atom. The maximum absolute atomic E-state index is 11.4. The molecule has 0 saturated carbocycles. The lowest BCUT2D eigenvalue weighted by Crippen LogP contribution is -2.04. The third kappa shape index (κ3) is 1.13. The first-order valence-electron chi connectivity index (χ1n) is 4.18. The largest absolute Gasteiger partial charge is 0.419 e. The number of rotatable bonds is 0. The fourth-order valence-corrected chi connectivity index (χ4v) is 1.61. The van der Waals surface area contributed by atoms with Crippen LogP contribution in [0.5, 0.6) is 0 Å². The maximum atomic E-state index is 11.4. The van der Waals surface area contributed by atoms with E-state index in [1.165, 1.54) is 10.7 Å². The van der Waals surface area contributed by atoms with Crippen molar-refractivity contribution in [3.8, 4) is 0 Å². The van der Waals surface area contributed by atoms with Crippen LogP contribution in [-0.4, -0.2) is 14.8 Å². The van der Waals surface area contributed by atoms with Gasteiger partial charge in [-0.15, -0.1) is 5.10 Å². The van der Waals surface area contributed by atoms with Crippen molar-refractivity contribution in [1.82, 2.24) is 14.8 Å². The number of aromatic nitrogens is 3. The van der Waals surface area contributed by atoms with Crippen molar-refractivity contribution in [2.24, 2.45) is 0 Å². The average molecular weight is 222 g/mol. The van der Waals surface area contributed by atoms with Gasteiger partial charge in [-0.05, 0) is 18.2 Å². The fraction of sp³-hybridized carbons (Fsp3) is 0. The standard InChI is InChI=1S/C9H4ClN3O2/c10-5-1-2-8-6(3-5)13-7(4-11-12-13)9(14)15-8/h1-4H. The first kappa shape index (κ1) is 8.43. The number of fused-ring (bicyclic) bond motifs is 3. The highest BCUT2D eigenvalue weighted by molar-refractivity contribution is 6.31. The van der Waals surface area contributed by atoms with Gasteiger partial charge < -0.3 is 4.42 Å². The molecule has 15 heavy (non-hydrogen) atoms. The van der Waals surface area contributed by atoms with Crippen molar-refractivity contribution < 1.29 is 4.42 Å². The lowest BCUT2D eigenvalue weighted by molar-refractivity contribution is 0.559. The molecule has 0 unspecified atom stereocenters. The molecule has 0 spiro atoms. The van der Waals surface area contributed by atoms with Crippen LogP contribution in [0, 0.1) is 0 Å². The molecule has 0 aliphatic heterocycles. The predicted molar refractivity (Wildman–Crippen MR) is 54.0 cm³/mol. The van der Waals surface area contributed by atoms with Crippen LogP contribution in [0.2, 0.25) is 5.02 Å². The molecule has 0 N–H and O–H groups in total. The van der Waals surface area contributed by atoms with Crippen molar-refractivity contribution in [3.63, 3.8) is 0 Å². The summed E-state index contributed by atoms with van der Waals surface area (Å²) in [7, 11) is 0. The molecule has 2 heterocycles. The zero-order valence-corrected chi connectivity index (χ0v) is 8.10. The second-order valence-electron chi connectivity index (χ2n) is 3.03. The van der Waals surface area contributed by atoms with Gasteiger partial charge in [-0.25, -0.2) is 9.31 Å². The molecule has 3 rings (SSSR count). The van der Waals surface area contributed by atoms with Crippen LogP contribution in [0.4, 0.5) is 0 Å². The highest BCUT2D eigenvalue weighted by Crippen LogP contribution is 2.18. The molecule has 1 aromatic carbocycles. The monoisotopic (exact) mass is 221 g/mol. The molecule has 74 valence electrons. The number of halogens is 1. The third-order valence-electron chi connectivity index (χ3n) is 2.11. The van der Waals surface area contributed by atoms with Crippen LogP contribution in [0.1, 0.15) is 0 Å². The third-order valence-corrected chi connectivity index (χ3v) is 2.35. The van der Waals surface area contributed by atoms with E-state index in [0.717, 1.165) is 0 Å². The lowest BCUT2D eigenvalue weighted by Gasteiger charge is -1.98. The van der Waals surface area contributed by atoms with E-state index < -0.39 is 5.63 Å². The summed E-state index contributed by atoms with van der Waals surface area (Å²) in [6.07, 6.45) is 1.35. The first-order chi connectivity index (χ1) is 7.25. The lowest BCUT2D eigenvalue weighted by atomic mass is 10.3. The second-order valence-corrected chi connectivity index (χ2v) is 3.47. The van der Waals surface area contributed by atoms with Crippen molar-refractivity contribution >= 4 is 28.2 Å². The summed E-state index contributed by atoms with van der Waals surface area (Å²) in [4.78, 5) is 11.4. The quantitative estimate of drug-likeness (QED) is 0.577. The Balaban J connectivity index is 2.67. The Hall–Kier alpha value is -1.88. The fourth-order valence-electron chi connectivity index (χ4n) is 1.45. The summed E-state index contributed by atoms with van der Waals surface area (Å²) in [5.41, 5.74) is 0.886. The minimum atomic E-state index is -0.463. The summed E-state index contributed by atoms with van der Waals surface area (Å²) in [6, 6.07) is 4.94. The Kier molecular flexibility index (Phi) is 1.58. The van der Waals surface area contributed by atoms with Gasteiger partial charge in [0.15, 0.2) is 11.1 Å². The van der Waals surface area contributed by atoms with E-state index in [0.29, 0.717) is 21.6 Å². The topological polar surface area (TPSA) is 60.4 Å². The van der Waals surface area contributed by atoms with Gasteiger partial charge in [0.1, 0.15) is 5.52 Å². The molecule has 0 radical (unpaired) electrons. The van der Waals surface area contributed by atoms with Crippen LogP contribution in [-0.2, 0) is 0 Å². The van der Waals surface area contributed by atoms with E-state index in [1.54, 1.807) is 18.2 Å². The van der Waals surface area contributed by atoms with Crippen LogP contribution in [0.25, 0.3) is 16.6 Å². The number of benzene rings is 1. The number of hydrogen-bond acceptors (Lipinski definition) is 4. The summed E-state index contributed by atoms with van der Waals surface area (Å²) in [5, 5.41) is 8.00. The number of hydrogen-bond donors (Lipinski definition) is 0. The molecule has 0 aliphatic carbocycles. The molecule has 0 saturated heterocycles. The van der Waals surface area contributed by atoms with Crippen molar-refractivity contribution in [3.05, 3.63) is 39.8 Å². The highest BCUT2D eigenvalue weighted by atomic mass is 35.5. The van der Waals surface area contributed by atoms with E-state index in [-0.39, 0.29) is 0 Å². The Bertz CT molecular complexity index is 716. The van der Waals surface area contributed by atoms with Crippen LogP contribution in [0.3, 0.4) is 0 Å². The molecular weight excluding hydrogens is 218 g/mol. The van der Waals surface area contributed by atoms with Gasteiger partial charge >= 0.3 is 5.63 Å².